The molecular weight excluding hydrogens is 188 g/mol. The molecule has 0 bridgehead atoms. The lowest BCUT2D eigenvalue weighted by Crippen LogP contribution is -2.51. The average Bonchev–Trinajstić information content (AvgIpc) is 2.49. The molecule has 0 aromatic carbocycles. The first-order chi connectivity index (χ1) is 6.50. The number of nitrogens with one attached hydrogen (secondary N) is 2. The first-order valence-corrected chi connectivity index (χ1v) is 4.30. The molecule has 0 aromatic heterocycles. The fourth-order valence-corrected chi connectivity index (χ4v) is 1.32. The molecular formula is C8H14N2O4. The van der Waals surface area contributed by atoms with Gasteiger partial charge in [-0.15, -0.1) is 0 Å². The zero-order valence-electron chi connectivity index (χ0n) is 8.16. The second kappa shape index (κ2) is 3.83. The zero-order chi connectivity index (χ0) is 10.8. The van der Waals surface area contributed by atoms with Crippen molar-refractivity contribution in [3.05, 3.63) is 0 Å². The van der Waals surface area contributed by atoms with E-state index in [1.165, 1.54) is 7.05 Å². The van der Waals surface area contributed by atoms with Crippen LogP contribution in [0.3, 0.4) is 0 Å². The van der Waals surface area contributed by atoms with E-state index in [2.05, 4.69) is 10.6 Å². The SMILES string of the molecule is CNC(=O)NC1COCC1(C)C(=O)O. The van der Waals surface area contributed by atoms with E-state index in [0.717, 1.165) is 0 Å². The van der Waals surface area contributed by atoms with Crippen LogP contribution in [-0.2, 0) is 9.53 Å². The van der Waals surface area contributed by atoms with Gasteiger partial charge in [-0.25, -0.2) is 4.79 Å². The number of carboxylic acids is 1. The Hall–Kier alpha value is -1.30. The van der Waals surface area contributed by atoms with Crippen LogP contribution < -0.4 is 10.6 Å². The van der Waals surface area contributed by atoms with Crippen molar-refractivity contribution in [2.24, 2.45) is 5.41 Å². The van der Waals surface area contributed by atoms with Gasteiger partial charge in [-0.05, 0) is 6.92 Å². The number of carbonyl (C=O) groups excluding carboxylic acids is 1. The van der Waals surface area contributed by atoms with E-state index in [1.54, 1.807) is 6.92 Å². The Balaban J connectivity index is 2.68. The van der Waals surface area contributed by atoms with Crippen LogP contribution >= 0.6 is 0 Å². The molecule has 1 aliphatic rings. The smallest absolute Gasteiger partial charge is 0.314 e. The van der Waals surface area contributed by atoms with Crippen molar-refractivity contribution in [2.45, 2.75) is 13.0 Å². The normalized spacial score (nSPS) is 31.1. The molecule has 0 aromatic rings. The van der Waals surface area contributed by atoms with Gasteiger partial charge < -0.3 is 20.5 Å². The van der Waals surface area contributed by atoms with Crippen LogP contribution in [0.4, 0.5) is 4.79 Å². The van der Waals surface area contributed by atoms with Crippen molar-refractivity contribution < 1.29 is 19.4 Å². The van der Waals surface area contributed by atoms with Gasteiger partial charge in [-0.1, -0.05) is 0 Å². The largest absolute Gasteiger partial charge is 0.481 e. The summed E-state index contributed by atoms with van der Waals surface area (Å²) in [6.45, 7) is 1.91. The summed E-state index contributed by atoms with van der Waals surface area (Å²) in [7, 11) is 1.48. The number of hydrogen-bond acceptors (Lipinski definition) is 3. The summed E-state index contributed by atoms with van der Waals surface area (Å²) in [6, 6.07) is -0.882. The monoisotopic (exact) mass is 202 g/mol. The second-order valence-electron chi connectivity index (χ2n) is 3.51. The fraction of sp³-hybridized carbons (Fsp3) is 0.750. The molecule has 1 aliphatic heterocycles. The molecule has 3 N–H and O–H groups in total. The van der Waals surface area contributed by atoms with Crippen molar-refractivity contribution in [3.8, 4) is 0 Å². The summed E-state index contributed by atoms with van der Waals surface area (Å²) in [6.07, 6.45) is 0. The van der Waals surface area contributed by atoms with Crippen LogP contribution in [0, 0.1) is 5.41 Å². The Morgan fingerprint density at radius 3 is 2.71 bits per heavy atom. The van der Waals surface area contributed by atoms with Gasteiger partial charge in [0.25, 0.3) is 0 Å². The topological polar surface area (TPSA) is 87.7 Å². The van der Waals surface area contributed by atoms with E-state index in [1.807, 2.05) is 0 Å². The molecule has 2 atom stereocenters. The van der Waals surface area contributed by atoms with Gasteiger partial charge in [-0.2, -0.15) is 0 Å². The predicted molar refractivity (Wildman–Crippen MR) is 47.9 cm³/mol. The fourth-order valence-electron chi connectivity index (χ4n) is 1.32. The van der Waals surface area contributed by atoms with Gasteiger partial charge in [0.05, 0.1) is 19.3 Å². The van der Waals surface area contributed by atoms with Gasteiger partial charge >= 0.3 is 12.0 Å². The van der Waals surface area contributed by atoms with E-state index in [4.69, 9.17) is 9.84 Å². The summed E-state index contributed by atoms with van der Waals surface area (Å²) >= 11 is 0. The van der Waals surface area contributed by atoms with E-state index in [-0.39, 0.29) is 13.2 Å². The van der Waals surface area contributed by atoms with Crippen LogP contribution in [0.5, 0.6) is 0 Å². The molecule has 1 fully saturated rings. The van der Waals surface area contributed by atoms with Crippen molar-refractivity contribution >= 4 is 12.0 Å². The molecule has 1 heterocycles. The highest BCUT2D eigenvalue weighted by molar-refractivity contribution is 5.79. The summed E-state index contributed by atoms with van der Waals surface area (Å²) in [4.78, 5) is 22.0. The Labute approximate surface area is 81.6 Å². The van der Waals surface area contributed by atoms with Crippen molar-refractivity contribution in [2.75, 3.05) is 20.3 Å². The minimum Gasteiger partial charge on any atom is -0.481 e. The lowest BCUT2D eigenvalue weighted by molar-refractivity contribution is -0.148. The molecule has 1 saturated heterocycles. The molecule has 80 valence electrons. The minimum absolute atomic E-state index is 0.122. The Morgan fingerprint density at radius 2 is 2.21 bits per heavy atom. The van der Waals surface area contributed by atoms with Crippen molar-refractivity contribution in [1.82, 2.24) is 10.6 Å². The van der Waals surface area contributed by atoms with Gasteiger partial charge in [0.2, 0.25) is 0 Å². The molecule has 6 heteroatoms. The lowest BCUT2D eigenvalue weighted by atomic mass is 9.85. The van der Waals surface area contributed by atoms with Crippen molar-refractivity contribution in [1.29, 1.82) is 0 Å². The highest BCUT2D eigenvalue weighted by Crippen LogP contribution is 2.28. The van der Waals surface area contributed by atoms with E-state index in [0.29, 0.717) is 0 Å². The summed E-state index contributed by atoms with van der Waals surface area (Å²) in [5.41, 5.74) is -1.04. The first kappa shape index (κ1) is 10.8. The van der Waals surface area contributed by atoms with Crippen LogP contribution in [0.1, 0.15) is 6.92 Å². The molecule has 0 saturated carbocycles. The van der Waals surface area contributed by atoms with Gasteiger partial charge in [0.1, 0.15) is 5.41 Å². The molecule has 14 heavy (non-hydrogen) atoms. The number of aliphatic carboxylic acids is 1. The number of urea groups is 1. The molecule has 1 rings (SSSR count). The molecule has 2 amide bonds. The molecule has 2 unspecified atom stereocenters. The predicted octanol–water partition coefficient (Wildman–Crippen LogP) is -0.595. The van der Waals surface area contributed by atoms with Gasteiger partial charge in [-0.3, -0.25) is 4.79 Å². The van der Waals surface area contributed by atoms with E-state index < -0.39 is 23.5 Å². The van der Waals surface area contributed by atoms with Crippen LogP contribution in [0.2, 0.25) is 0 Å². The third-order valence-electron chi connectivity index (χ3n) is 2.48. The maximum absolute atomic E-state index is 11.0. The quantitative estimate of drug-likeness (QED) is 0.558. The number of ether oxygens (including phenoxy) is 1. The maximum Gasteiger partial charge on any atom is 0.314 e. The molecule has 0 radical (unpaired) electrons. The highest BCUT2D eigenvalue weighted by Gasteiger charge is 2.47. The Kier molecular flexibility index (Phi) is 2.95. The lowest BCUT2D eigenvalue weighted by Gasteiger charge is -2.25. The number of amides is 2. The maximum atomic E-state index is 11.0. The third kappa shape index (κ3) is 1.79. The van der Waals surface area contributed by atoms with Gasteiger partial charge in [0, 0.05) is 7.05 Å². The summed E-state index contributed by atoms with van der Waals surface area (Å²) in [5, 5.41) is 13.9. The first-order valence-electron chi connectivity index (χ1n) is 4.30. The van der Waals surface area contributed by atoms with Gasteiger partial charge in [0.15, 0.2) is 0 Å². The Bertz CT molecular complexity index is 256. The third-order valence-corrected chi connectivity index (χ3v) is 2.48. The average molecular weight is 202 g/mol. The number of carbonyl (C=O) groups is 2. The number of rotatable bonds is 2. The van der Waals surface area contributed by atoms with Crippen LogP contribution in [0.25, 0.3) is 0 Å². The Morgan fingerprint density at radius 1 is 1.57 bits per heavy atom. The molecule has 0 aliphatic carbocycles. The zero-order valence-corrected chi connectivity index (χ0v) is 8.16. The minimum atomic E-state index is -1.04. The van der Waals surface area contributed by atoms with Crippen molar-refractivity contribution in [3.63, 3.8) is 0 Å². The standard InChI is InChI=1S/C8H14N2O4/c1-8(6(11)12)4-14-3-5(8)10-7(13)9-2/h5H,3-4H2,1-2H3,(H,11,12)(H2,9,10,13). The summed E-state index contributed by atoms with van der Waals surface area (Å²) < 4.78 is 5.06. The second-order valence-corrected chi connectivity index (χ2v) is 3.51. The highest BCUT2D eigenvalue weighted by atomic mass is 16.5. The summed E-state index contributed by atoms with van der Waals surface area (Å²) in [5.74, 6) is -0.962. The van der Waals surface area contributed by atoms with Crippen LogP contribution in [-0.4, -0.2) is 43.4 Å². The molecule has 0 spiro atoms. The number of hydrogen-bond donors (Lipinski definition) is 3. The molecule has 6 nitrogen and oxygen atoms in total. The van der Waals surface area contributed by atoms with E-state index >= 15 is 0 Å². The van der Waals surface area contributed by atoms with Crippen LogP contribution in [0.15, 0.2) is 0 Å². The van der Waals surface area contributed by atoms with E-state index in [9.17, 15) is 9.59 Å². The number of carboxylic acid groups (broad SMARTS) is 1.